The molecule has 0 unspecified atom stereocenters. The van der Waals surface area contributed by atoms with Crippen molar-refractivity contribution in [3.05, 3.63) is 39.7 Å². The van der Waals surface area contributed by atoms with Crippen molar-refractivity contribution in [2.45, 2.75) is 27.3 Å². The van der Waals surface area contributed by atoms with E-state index in [0.717, 1.165) is 23.8 Å². The van der Waals surface area contributed by atoms with Crippen LogP contribution in [0.15, 0.2) is 23.6 Å². The molecule has 1 N–H and O–H groups in total. The van der Waals surface area contributed by atoms with Crippen molar-refractivity contribution in [2.75, 3.05) is 6.54 Å². The Bertz CT molecular complexity index is 508. The molecule has 0 aliphatic heterocycles. The zero-order chi connectivity index (χ0) is 12.3. The van der Waals surface area contributed by atoms with Crippen molar-refractivity contribution >= 4 is 23.7 Å². The van der Waals surface area contributed by atoms with Crippen LogP contribution < -0.4 is 5.32 Å². The second-order valence-corrected chi connectivity index (χ2v) is 5.17. The summed E-state index contributed by atoms with van der Waals surface area (Å²) in [6.07, 6.45) is 0. The maximum Gasteiger partial charge on any atom is 0.107 e. The summed E-state index contributed by atoms with van der Waals surface area (Å²) >= 11 is 1.73. The van der Waals surface area contributed by atoms with Crippen LogP contribution in [0.2, 0.25) is 0 Å². The first kappa shape index (κ1) is 15.2. The van der Waals surface area contributed by atoms with Crippen LogP contribution in [-0.4, -0.2) is 11.5 Å². The number of aromatic nitrogens is 1. The lowest BCUT2D eigenvalue weighted by Crippen LogP contribution is -2.11. The van der Waals surface area contributed by atoms with Gasteiger partial charge in [0.05, 0.1) is 5.69 Å². The Balaban J connectivity index is 0.00000162. The van der Waals surface area contributed by atoms with Gasteiger partial charge in [0, 0.05) is 17.5 Å². The van der Waals surface area contributed by atoms with E-state index in [4.69, 9.17) is 0 Å². The minimum atomic E-state index is 0. The van der Waals surface area contributed by atoms with Gasteiger partial charge in [-0.1, -0.05) is 24.6 Å². The minimum Gasteiger partial charge on any atom is -0.311 e. The molecule has 0 amide bonds. The molecule has 0 spiro atoms. The van der Waals surface area contributed by atoms with Gasteiger partial charge in [0.2, 0.25) is 0 Å². The van der Waals surface area contributed by atoms with Crippen LogP contribution in [0.3, 0.4) is 0 Å². The molecule has 1 aromatic carbocycles. The SMILES string of the molecule is CCNCc1nc(-c2cc(C)ccc2C)cs1.Cl. The van der Waals surface area contributed by atoms with Crippen LogP contribution in [0.5, 0.6) is 0 Å². The number of benzene rings is 1. The van der Waals surface area contributed by atoms with E-state index in [2.05, 4.69) is 54.7 Å². The number of nitrogens with one attached hydrogen (secondary N) is 1. The molecule has 2 rings (SSSR count). The molecule has 0 radical (unpaired) electrons. The summed E-state index contributed by atoms with van der Waals surface area (Å²) in [5.74, 6) is 0. The van der Waals surface area contributed by atoms with Gasteiger partial charge in [0.1, 0.15) is 5.01 Å². The Kier molecular flexibility index (Phi) is 5.79. The van der Waals surface area contributed by atoms with Crippen LogP contribution in [0.4, 0.5) is 0 Å². The van der Waals surface area contributed by atoms with E-state index in [9.17, 15) is 0 Å². The molecule has 0 atom stereocenters. The number of hydrogen-bond donors (Lipinski definition) is 1. The van der Waals surface area contributed by atoms with Crippen molar-refractivity contribution in [3.63, 3.8) is 0 Å². The minimum absolute atomic E-state index is 0. The third-order valence-corrected chi connectivity index (χ3v) is 3.60. The van der Waals surface area contributed by atoms with Gasteiger partial charge >= 0.3 is 0 Å². The van der Waals surface area contributed by atoms with Crippen molar-refractivity contribution in [3.8, 4) is 11.3 Å². The normalized spacial score (nSPS) is 10.2. The maximum absolute atomic E-state index is 4.68. The summed E-state index contributed by atoms with van der Waals surface area (Å²) in [5.41, 5.74) is 4.93. The molecule has 2 aromatic rings. The number of thiazole rings is 1. The second kappa shape index (κ2) is 6.88. The Hall–Kier alpha value is -0.900. The fraction of sp³-hybridized carbons (Fsp3) is 0.357. The first-order valence-electron chi connectivity index (χ1n) is 5.93. The third-order valence-electron chi connectivity index (χ3n) is 2.75. The van der Waals surface area contributed by atoms with Gasteiger partial charge in [0.25, 0.3) is 0 Å². The van der Waals surface area contributed by atoms with Crippen molar-refractivity contribution in [2.24, 2.45) is 0 Å². The summed E-state index contributed by atoms with van der Waals surface area (Å²) in [6.45, 7) is 8.22. The fourth-order valence-electron chi connectivity index (χ4n) is 1.76. The lowest BCUT2D eigenvalue weighted by atomic mass is 10.0. The molecule has 98 valence electrons. The number of rotatable bonds is 4. The molecule has 0 aliphatic carbocycles. The van der Waals surface area contributed by atoms with Gasteiger partial charge in [-0.25, -0.2) is 4.98 Å². The highest BCUT2D eigenvalue weighted by Gasteiger charge is 2.07. The molecular formula is C14H19ClN2S. The molecule has 0 bridgehead atoms. The predicted molar refractivity (Wildman–Crippen MR) is 81.7 cm³/mol. The molecule has 1 heterocycles. The molecule has 2 nitrogen and oxygen atoms in total. The van der Waals surface area contributed by atoms with E-state index in [1.807, 2.05) is 0 Å². The number of halogens is 1. The quantitative estimate of drug-likeness (QED) is 0.918. The molecule has 18 heavy (non-hydrogen) atoms. The Morgan fingerprint density at radius 3 is 2.78 bits per heavy atom. The van der Waals surface area contributed by atoms with Gasteiger partial charge in [-0.2, -0.15) is 0 Å². The summed E-state index contributed by atoms with van der Waals surface area (Å²) in [6, 6.07) is 6.51. The molecule has 4 heteroatoms. The highest BCUT2D eigenvalue weighted by Crippen LogP contribution is 2.25. The van der Waals surface area contributed by atoms with E-state index in [1.54, 1.807) is 11.3 Å². The molecule has 0 fully saturated rings. The first-order chi connectivity index (χ1) is 8.20. The summed E-state index contributed by atoms with van der Waals surface area (Å²) < 4.78 is 0. The smallest absolute Gasteiger partial charge is 0.107 e. The number of nitrogens with zero attached hydrogens (tertiary/aromatic N) is 1. The predicted octanol–water partition coefficient (Wildman–Crippen LogP) is 3.96. The zero-order valence-corrected chi connectivity index (χ0v) is 12.6. The van der Waals surface area contributed by atoms with Crippen LogP contribution in [0, 0.1) is 13.8 Å². The highest BCUT2D eigenvalue weighted by molar-refractivity contribution is 7.09. The lowest BCUT2D eigenvalue weighted by molar-refractivity contribution is 0.723. The fourth-order valence-corrected chi connectivity index (χ4v) is 2.52. The van der Waals surface area contributed by atoms with E-state index < -0.39 is 0 Å². The second-order valence-electron chi connectivity index (χ2n) is 4.23. The van der Waals surface area contributed by atoms with E-state index in [0.29, 0.717) is 0 Å². The zero-order valence-electron chi connectivity index (χ0n) is 11.0. The topological polar surface area (TPSA) is 24.9 Å². The van der Waals surface area contributed by atoms with Crippen LogP contribution in [-0.2, 0) is 6.54 Å². The Morgan fingerprint density at radius 2 is 2.06 bits per heavy atom. The average Bonchev–Trinajstić information content (AvgIpc) is 2.78. The number of aryl methyl sites for hydroxylation is 2. The summed E-state index contributed by atoms with van der Waals surface area (Å²) in [7, 11) is 0. The van der Waals surface area contributed by atoms with Gasteiger partial charge < -0.3 is 5.32 Å². The van der Waals surface area contributed by atoms with Crippen LogP contribution in [0.25, 0.3) is 11.3 Å². The molecule has 0 saturated heterocycles. The standard InChI is InChI=1S/C14H18N2S.ClH/c1-4-15-8-14-16-13(9-17-14)12-7-10(2)5-6-11(12)3;/h5-7,9,15H,4,8H2,1-3H3;1H. The van der Waals surface area contributed by atoms with Crippen molar-refractivity contribution in [1.29, 1.82) is 0 Å². The average molecular weight is 283 g/mol. The summed E-state index contributed by atoms with van der Waals surface area (Å²) in [5, 5.41) is 6.61. The van der Waals surface area contributed by atoms with Gasteiger partial charge in [-0.3, -0.25) is 0 Å². The summed E-state index contributed by atoms with van der Waals surface area (Å²) in [4.78, 5) is 4.68. The highest BCUT2D eigenvalue weighted by atomic mass is 35.5. The van der Waals surface area contributed by atoms with E-state index in [1.165, 1.54) is 16.7 Å². The Labute approximate surface area is 119 Å². The van der Waals surface area contributed by atoms with Crippen LogP contribution >= 0.6 is 23.7 Å². The largest absolute Gasteiger partial charge is 0.311 e. The monoisotopic (exact) mass is 282 g/mol. The third kappa shape index (κ3) is 3.55. The van der Waals surface area contributed by atoms with Crippen molar-refractivity contribution < 1.29 is 0 Å². The first-order valence-corrected chi connectivity index (χ1v) is 6.81. The lowest BCUT2D eigenvalue weighted by Gasteiger charge is -2.03. The van der Waals surface area contributed by atoms with E-state index >= 15 is 0 Å². The maximum atomic E-state index is 4.68. The molecular weight excluding hydrogens is 264 g/mol. The Morgan fingerprint density at radius 1 is 1.28 bits per heavy atom. The number of hydrogen-bond acceptors (Lipinski definition) is 3. The van der Waals surface area contributed by atoms with Gasteiger partial charge in [-0.05, 0) is 32.0 Å². The van der Waals surface area contributed by atoms with Crippen molar-refractivity contribution in [1.82, 2.24) is 10.3 Å². The van der Waals surface area contributed by atoms with Gasteiger partial charge in [-0.15, -0.1) is 23.7 Å². The van der Waals surface area contributed by atoms with Gasteiger partial charge in [0.15, 0.2) is 0 Å². The van der Waals surface area contributed by atoms with Crippen LogP contribution in [0.1, 0.15) is 23.1 Å². The molecule has 0 aliphatic rings. The molecule has 1 aromatic heterocycles. The molecule has 0 saturated carbocycles. The van der Waals surface area contributed by atoms with E-state index in [-0.39, 0.29) is 12.4 Å².